The van der Waals surface area contributed by atoms with Crippen molar-refractivity contribution in [3.63, 3.8) is 0 Å². The van der Waals surface area contributed by atoms with Crippen LogP contribution in [0.3, 0.4) is 0 Å². The molecular formula is C16H15ClN2O2. The molecule has 0 fully saturated rings. The lowest BCUT2D eigenvalue weighted by Crippen LogP contribution is -2.19. The Morgan fingerprint density at radius 2 is 1.86 bits per heavy atom. The van der Waals surface area contributed by atoms with Crippen LogP contribution in [-0.2, 0) is 0 Å². The lowest BCUT2D eigenvalue weighted by atomic mass is 10.1. The van der Waals surface area contributed by atoms with Gasteiger partial charge in [-0.1, -0.05) is 30.7 Å². The van der Waals surface area contributed by atoms with Gasteiger partial charge in [0.1, 0.15) is 5.75 Å². The van der Waals surface area contributed by atoms with Crippen molar-refractivity contribution in [1.29, 1.82) is 0 Å². The molecule has 0 bridgehead atoms. The number of phenolic OH excluding ortho intramolecular Hbond substituents is 1. The Bertz CT molecular complexity index is 666. The molecule has 0 spiro atoms. The summed E-state index contributed by atoms with van der Waals surface area (Å²) in [5.74, 6) is -0.188. The summed E-state index contributed by atoms with van der Waals surface area (Å²) < 4.78 is 0. The number of carbonyl (C=O) groups excluding carboxylic acids is 1. The summed E-state index contributed by atoms with van der Waals surface area (Å²) in [4.78, 5) is 12.0. The molecule has 2 aromatic rings. The van der Waals surface area contributed by atoms with Crippen LogP contribution in [0, 0.1) is 0 Å². The monoisotopic (exact) mass is 302 g/mol. The number of halogens is 1. The molecule has 0 aliphatic heterocycles. The van der Waals surface area contributed by atoms with Gasteiger partial charge in [0.25, 0.3) is 5.91 Å². The number of hydrogen-bond acceptors (Lipinski definition) is 3. The van der Waals surface area contributed by atoms with Crippen LogP contribution in [-0.4, -0.2) is 16.7 Å². The number of hydrazone groups is 1. The molecular weight excluding hydrogens is 288 g/mol. The van der Waals surface area contributed by atoms with Crippen molar-refractivity contribution in [3.8, 4) is 5.75 Å². The zero-order chi connectivity index (χ0) is 15.2. The van der Waals surface area contributed by atoms with Crippen LogP contribution in [0.15, 0.2) is 53.6 Å². The van der Waals surface area contributed by atoms with Crippen LogP contribution in [0.1, 0.15) is 29.3 Å². The number of phenols is 1. The fourth-order valence-electron chi connectivity index (χ4n) is 1.83. The fourth-order valence-corrected chi connectivity index (χ4v) is 1.96. The van der Waals surface area contributed by atoms with Gasteiger partial charge in [-0.15, -0.1) is 0 Å². The van der Waals surface area contributed by atoms with E-state index in [1.807, 2.05) is 6.92 Å². The molecule has 0 aliphatic rings. The molecule has 2 N–H and O–H groups in total. The van der Waals surface area contributed by atoms with E-state index >= 15 is 0 Å². The third-order valence-corrected chi connectivity index (χ3v) is 3.20. The minimum atomic E-state index is -0.326. The fraction of sp³-hybridized carbons (Fsp3) is 0.125. The lowest BCUT2D eigenvalue weighted by Gasteiger charge is -2.07. The van der Waals surface area contributed by atoms with Crippen LogP contribution < -0.4 is 5.43 Å². The number of nitrogens with one attached hydrogen (secondary N) is 1. The summed E-state index contributed by atoms with van der Waals surface area (Å²) in [6.07, 6.45) is 0.582. The summed E-state index contributed by atoms with van der Waals surface area (Å²) in [6, 6.07) is 13.4. The third-order valence-electron chi connectivity index (χ3n) is 2.95. The van der Waals surface area contributed by atoms with Gasteiger partial charge in [0, 0.05) is 16.1 Å². The molecule has 0 unspecified atom stereocenters. The molecule has 0 aromatic heterocycles. The number of nitrogens with zero attached hydrogens (tertiary/aromatic N) is 1. The van der Waals surface area contributed by atoms with E-state index in [9.17, 15) is 9.90 Å². The van der Waals surface area contributed by atoms with Crippen molar-refractivity contribution < 1.29 is 9.90 Å². The van der Waals surface area contributed by atoms with E-state index < -0.39 is 0 Å². The van der Waals surface area contributed by atoms with Crippen LogP contribution in [0.5, 0.6) is 5.75 Å². The van der Waals surface area contributed by atoms with Gasteiger partial charge in [0.05, 0.1) is 5.71 Å². The van der Waals surface area contributed by atoms with Gasteiger partial charge in [0.2, 0.25) is 0 Å². The van der Waals surface area contributed by atoms with Crippen molar-refractivity contribution >= 4 is 23.2 Å². The average molecular weight is 303 g/mol. The van der Waals surface area contributed by atoms with E-state index in [0.717, 1.165) is 0 Å². The SMILES string of the molecule is CC/C(=N/NC(=O)c1ccc(Cl)cc1)c1ccccc1O. The van der Waals surface area contributed by atoms with Gasteiger partial charge < -0.3 is 5.11 Å². The van der Waals surface area contributed by atoms with Gasteiger partial charge in [-0.2, -0.15) is 5.10 Å². The maximum absolute atomic E-state index is 12.0. The number of hydrogen-bond donors (Lipinski definition) is 2. The molecule has 108 valence electrons. The van der Waals surface area contributed by atoms with Gasteiger partial charge >= 0.3 is 0 Å². The summed E-state index contributed by atoms with van der Waals surface area (Å²) in [5, 5.41) is 14.5. The molecule has 1 amide bonds. The van der Waals surface area contributed by atoms with Gasteiger partial charge in [-0.3, -0.25) is 4.79 Å². The molecule has 0 heterocycles. The third kappa shape index (κ3) is 3.83. The molecule has 0 atom stereocenters. The molecule has 2 aromatic carbocycles. The maximum atomic E-state index is 12.0. The van der Waals surface area contributed by atoms with Crippen LogP contribution >= 0.6 is 11.6 Å². The molecule has 5 heteroatoms. The first kappa shape index (κ1) is 15.1. The second-order valence-electron chi connectivity index (χ2n) is 4.38. The highest BCUT2D eigenvalue weighted by Gasteiger charge is 2.08. The van der Waals surface area contributed by atoms with Crippen molar-refractivity contribution in [2.24, 2.45) is 5.10 Å². The highest BCUT2D eigenvalue weighted by molar-refractivity contribution is 6.30. The Kier molecular flexibility index (Phi) is 4.95. The second kappa shape index (κ2) is 6.90. The van der Waals surface area contributed by atoms with E-state index in [-0.39, 0.29) is 11.7 Å². The van der Waals surface area contributed by atoms with Gasteiger partial charge in [-0.05, 0) is 42.8 Å². The number of amides is 1. The molecule has 0 aliphatic carbocycles. The van der Waals surface area contributed by atoms with Crippen molar-refractivity contribution in [1.82, 2.24) is 5.43 Å². The van der Waals surface area contributed by atoms with E-state index in [4.69, 9.17) is 11.6 Å². The molecule has 21 heavy (non-hydrogen) atoms. The van der Waals surface area contributed by atoms with Crippen LogP contribution in [0.4, 0.5) is 0 Å². The predicted molar refractivity (Wildman–Crippen MR) is 83.9 cm³/mol. The molecule has 0 saturated carbocycles. The molecule has 2 rings (SSSR count). The smallest absolute Gasteiger partial charge is 0.271 e. The van der Waals surface area contributed by atoms with Crippen LogP contribution in [0.25, 0.3) is 0 Å². The first-order valence-corrected chi connectivity index (χ1v) is 6.90. The first-order valence-electron chi connectivity index (χ1n) is 6.52. The average Bonchev–Trinajstić information content (AvgIpc) is 2.50. The largest absolute Gasteiger partial charge is 0.507 e. The minimum Gasteiger partial charge on any atom is -0.507 e. The Balaban J connectivity index is 2.16. The Morgan fingerprint density at radius 3 is 2.48 bits per heavy atom. The van der Waals surface area contributed by atoms with E-state index in [1.165, 1.54) is 0 Å². The standard InChI is InChI=1S/C16H15ClN2O2/c1-2-14(13-5-3-4-6-15(13)20)18-19-16(21)11-7-9-12(17)10-8-11/h3-10,20H,2H2,1H3,(H,19,21)/b18-14-. The molecule has 0 radical (unpaired) electrons. The highest BCUT2D eigenvalue weighted by atomic mass is 35.5. The number of aromatic hydroxyl groups is 1. The molecule has 4 nitrogen and oxygen atoms in total. The molecule has 0 saturated heterocycles. The van der Waals surface area contributed by atoms with Crippen molar-refractivity contribution in [2.45, 2.75) is 13.3 Å². The minimum absolute atomic E-state index is 0.138. The summed E-state index contributed by atoms with van der Waals surface area (Å²) in [5.41, 5.74) is 4.17. The van der Waals surface area contributed by atoms with Crippen molar-refractivity contribution in [2.75, 3.05) is 0 Å². The number of para-hydroxylation sites is 1. The topological polar surface area (TPSA) is 61.7 Å². The van der Waals surface area contributed by atoms with Gasteiger partial charge in [-0.25, -0.2) is 5.43 Å². The Morgan fingerprint density at radius 1 is 1.19 bits per heavy atom. The second-order valence-corrected chi connectivity index (χ2v) is 4.81. The Hall–Kier alpha value is -2.33. The number of benzene rings is 2. The van der Waals surface area contributed by atoms with Crippen LogP contribution in [0.2, 0.25) is 5.02 Å². The van der Waals surface area contributed by atoms with Gasteiger partial charge in [0.15, 0.2) is 0 Å². The first-order chi connectivity index (χ1) is 10.1. The maximum Gasteiger partial charge on any atom is 0.271 e. The number of carbonyl (C=O) groups is 1. The lowest BCUT2D eigenvalue weighted by molar-refractivity contribution is 0.0955. The summed E-state index contributed by atoms with van der Waals surface area (Å²) >= 11 is 5.78. The summed E-state index contributed by atoms with van der Waals surface area (Å²) in [6.45, 7) is 1.90. The predicted octanol–water partition coefficient (Wildman–Crippen LogP) is 3.59. The van der Waals surface area contributed by atoms with E-state index in [0.29, 0.717) is 28.3 Å². The van der Waals surface area contributed by atoms with E-state index in [2.05, 4.69) is 10.5 Å². The quantitative estimate of drug-likeness (QED) is 0.669. The highest BCUT2D eigenvalue weighted by Crippen LogP contribution is 2.18. The Labute approximate surface area is 128 Å². The van der Waals surface area contributed by atoms with E-state index in [1.54, 1.807) is 48.5 Å². The number of rotatable bonds is 4. The zero-order valence-electron chi connectivity index (χ0n) is 11.5. The van der Waals surface area contributed by atoms with Crippen molar-refractivity contribution in [3.05, 3.63) is 64.7 Å². The normalized spacial score (nSPS) is 11.2. The zero-order valence-corrected chi connectivity index (χ0v) is 12.3. The summed E-state index contributed by atoms with van der Waals surface area (Å²) in [7, 11) is 0.